The average Bonchev–Trinajstić information content (AvgIpc) is 3.01. The minimum Gasteiger partial charge on any atom is -0.316 e. The molecule has 0 saturated carbocycles. The minimum absolute atomic E-state index is 0.502. The number of aromatic nitrogens is 5. The standard InChI is InChI=1S/C13H20N6/c1-17-7-3-5-11(9-17)13-16-15-12(18(13)2)10-19-8-4-6-14-19/h4,6,8,11H,3,5,7,9-10H2,1-2H3/t11-/m0/s1. The van der Waals surface area contributed by atoms with Crippen LogP contribution in [0.15, 0.2) is 18.5 Å². The first kappa shape index (κ1) is 12.3. The van der Waals surface area contributed by atoms with Crippen molar-refractivity contribution in [3.63, 3.8) is 0 Å². The predicted molar refractivity (Wildman–Crippen MR) is 71.8 cm³/mol. The van der Waals surface area contributed by atoms with Crippen molar-refractivity contribution in [3.05, 3.63) is 30.1 Å². The van der Waals surface area contributed by atoms with Gasteiger partial charge < -0.3 is 9.47 Å². The number of hydrogen-bond acceptors (Lipinski definition) is 4. The molecule has 0 aromatic carbocycles. The summed E-state index contributed by atoms with van der Waals surface area (Å²) in [5.74, 6) is 2.57. The van der Waals surface area contributed by atoms with Crippen molar-refractivity contribution in [1.82, 2.24) is 29.4 Å². The van der Waals surface area contributed by atoms with Crippen LogP contribution in [0, 0.1) is 0 Å². The maximum atomic E-state index is 4.40. The summed E-state index contributed by atoms with van der Waals surface area (Å²) >= 11 is 0. The maximum Gasteiger partial charge on any atom is 0.154 e. The smallest absolute Gasteiger partial charge is 0.154 e. The van der Waals surface area contributed by atoms with Gasteiger partial charge in [-0.2, -0.15) is 5.10 Å². The molecule has 3 heterocycles. The van der Waals surface area contributed by atoms with Crippen LogP contribution in [0.25, 0.3) is 0 Å². The third kappa shape index (κ3) is 2.53. The third-order valence-electron chi connectivity index (χ3n) is 3.85. The first-order chi connectivity index (χ1) is 9.24. The van der Waals surface area contributed by atoms with E-state index in [4.69, 9.17) is 0 Å². The topological polar surface area (TPSA) is 51.8 Å². The Hall–Kier alpha value is -1.69. The molecule has 1 aliphatic rings. The van der Waals surface area contributed by atoms with Crippen molar-refractivity contribution in [1.29, 1.82) is 0 Å². The highest BCUT2D eigenvalue weighted by atomic mass is 15.3. The molecule has 0 bridgehead atoms. The molecule has 6 heteroatoms. The molecule has 1 atom stereocenters. The van der Waals surface area contributed by atoms with Gasteiger partial charge in [0.05, 0.1) is 0 Å². The first-order valence-electron chi connectivity index (χ1n) is 6.78. The Morgan fingerprint density at radius 1 is 1.32 bits per heavy atom. The second kappa shape index (κ2) is 5.13. The van der Waals surface area contributed by atoms with Crippen LogP contribution in [0.4, 0.5) is 0 Å². The number of hydrogen-bond donors (Lipinski definition) is 0. The van der Waals surface area contributed by atoms with E-state index in [0.29, 0.717) is 12.5 Å². The van der Waals surface area contributed by atoms with Crippen LogP contribution in [0.5, 0.6) is 0 Å². The van der Waals surface area contributed by atoms with Crippen molar-refractivity contribution < 1.29 is 0 Å². The Labute approximate surface area is 113 Å². The molecule has 0 amide bonds. The van der Waals surface area contributed by atoms with Crippen LogP contribution < -0.4 is 0 Å². The average molecular weight is 260 g/mol. The summed E-state index contributed by atoms with van der Waals surface area (Å²) < 4.78 is 4.01. The second-order valence-corrected chi connectivity index (χ2v) is 5.34. The Bertz CT molecular complexity index is 529. The number of nitrogens with zero attached hydrogens (tertiary/aromatic N) is 6. The van der Waals surface area contributed by atoms with E-state index in [1.165, 1.54) is 19.4 Å². The highest BCUT2D eigenvalue weighted by Gasteiger charge is 2.24. The van der Waals surface area contributed by atoms with Gasteiger partial charge in [-0.25, -0.2) is 0 Å². The monoisotopic (exact) mass is 260 g/mol. The van der Waals surface area contributed by atoms with Gasteiger partial charge >= 0.3 is 0 Å². The highest BCUT2D eigenvalue weighted by Crippen LogP contribution is 2.24. The van der Waals surface area contributed by atoms with Crippen molar-refractivity contribution >= 4 is 0 Å². The molecule has 1 aliphatic heterocycles. The molecule has 6 nitrogen and oxygen atoms in total. The molecule has 0 aliphatic carbocycles. The zero-order valence-electron chi connectivity index (χ0n) is 11.5. The van der Waals surface area contributed by atoms with Gasteiger partial charge in [0.25, 0.3) is 0 Å². The van der Waals surface area contributed by atoms with Crippen molar-refractivity contribution in [2.24, 2.45) is 7.05 Å². The van der Waals surface area contributed by atoms with E-state index >= 15 is 0 Å². The third-order valence-corrected chi connectivity index (χ3v) is 3.85. The molecular formula is C13H20N6. The Morgan fingerprint density at radius 2 is 2.21 bits per heavy atom. The number of rotatable bonds is 3. The molecule has 19 heavy (non-hydrogen) atoms. The number of likely N-dealkylation sites (N-methyl/N-ethyl adjacent to an activating group) is 1. The molecule has 102 valence electrons. The zero-order chi connectivity index (χ0) is 13.2. The van der Waals surface area contributed by atoms with Gasteiger partial charge in [0.2, 0.25) is 0 Å². The van der Waals surface area contributed by atoms with E-state index in [9.17, 15) is 0 Å². The second-order valence-electron chi connectivity index (χ2n) is 5.34. The summed E-state index contributed by atoms with van der Waals surface area (Å²) in [6.07, 6.45) is 6.18. The van der Waals surface area contributed by atoms with Gasteiger partial charge in [-0.3, -0.25) is 4.68 Å². The van der Waals surface area contributed by atoms with E-state index < -0.39 is 0 Å². The highest BCUT2D eigenvalue weighted by molar-refractivity contribution is 5.04. The van der Waals surface area contributed by atoms with Gasteiger partial charge in [-0.15, -0.1) is 10.2 Å². The molecule has 3 rings (SSSR count). The van der Waals surface area contributed by atoms with E-state index in [-0.39, 0.29) is 0 Å². The number of likely N-dealkylation sites (tertiary alicyclic amines) is 1. The molecule has 0 N–H and O–H groups in total. The fourth-order valence-electron chi connectivity index (χ4n) is 2.78. The van der Waals surface area contributed by atoms with E-state index in [1.54, 1.807) is 6.20 Å². The molecule has 0 spiro atoms. The summed E-state index contributed by atoms with van der Waals surface area (Å²) in [7, 11) is 4.23. The quantitative estimate of drug-likeness (QED) is 0.821. The van der Waals surface area contributed by atoms with Gasteiger partial charge in [-0.1, -0.05) is 0 Å². The van der Waals surface area contributed by atoms with Crippen molar-refractivity contribution in [2.45, 2.75) is 25.3 Å². The van der Waals surface area contributed by atoms with Crippen molar-refractivity contribution in [2.75, 3.05) is 20.1 Å². The molecule has 2 aromatic heterocycles. The van der Waals surface area contributed by atoms with Crippen LogP contribution in [0.1, 0.15) is 30.4 Å². The maximum absolute atomic E-state index is 4.40. The fourth-order valence-corrected chi connectivity index (χ4v) is 2.78. The van der Waals surface area contributed by atoms with Gasteiger partial charge in [0, 0.05) is 31.9 Å². The largest absolute Gasteiger partial charge is 0.316 e. The summed E-state index contributed by atoms with van der Waals surface area (Å²) in [4.78, 5) is 2.37. The normalized spacial score (nSPS) is 20.8. The van der Waals surface area contributed by atoms with Crippen LogP contribution in [0.2, 0.25) is 0 Å². The van der Waals surface area contributed by atoms with Gasteiger partial charge in [-0.05, 0) is 32.5 Å². The molecule has 1 fully saturated rings. The first-order valence-corrected chi connectivity index (χ1v) is 6.78. The Kier molecular flexibility index (Phi) is 3.33. The Balaban J connectivity index is 1.78. The molecule has 2 aromatic rings. The van der Waals surface area contributed by atoms with Crippen LogP contribution in [0.3, 0.4) is 0 Å². The lowest BCUT2D eigenvalue weighted by Gasteiger charge is -2.28. The summed E-state index contributed by atoms with van der Waals surface area (Å²) in [5, 5.41) is 12.9. The molecule has 0 radical (unpaired) electrons. The fraction of sp³-hybridized carbons (Fsp3) is 0.615. The summed E-state index contributed by atoms with van der Waals surface area (Å²) in [6, 6.07) is 1.92. The van der Waals surface area contributed by atoms with Crippen LogP contribution in [-0.4, -0.2) is 49.6 Å². The SMILES string of the molecule is CN1CCC[C@H](c2nnc(Cn3cccn3)n2C)C1. The predicted octanol–water partition coefficient (Wildman–Crippen LogP) is 0.869. The summed E-state index contributed by atoms with van der Waals surface area (Å²) in [6.45, 7) is 2.95. The van der Waals surface area contributed by atoms with E-state index in [0.717, 1.165) is 18.2 Å². The van der Waals surface area contributed by atoms with Crippen molar-refractivity contribution in [3.8, 4) is 0 Å². The minimum atomic E-state index is 0.502. The lowest BCUT2D eigenvalue weighted by atomic mass is 9.98. The van der Waals surface area contributed by atoms with Crippen LogP contribution in [-0.2, 0) is 13.6 Å². The van der Waals surface area contributed by atoms with Gasteiger partial charge in [0.15, 0.2) is 5.82 Å². The van der Waals surface area contributed by atoms with E-state index in [2.05, 4.69) is 38.9 Å². The molecule has 1 saturated heterocycles. The summed E-state index contributed by atoms with van der Waals surface area (Å²) in [5.41, 5.74) is 0. The lowest BCUT2D eigenvalue weighted by molar-refractivity contribution is 0.243. The number of piperidine rings is 1. The molecular weight excluding hydrogens is 240 g/mol. The van der Waals surface area contributed by atoms with Crippen LogP contribution >= 0.6 is 0 Å². The van der Waals surface area contributed by atoms with E-state index in [1.807, 2.05) is 16.9 Å². The van der Waals surface area contributed by atoms with Gasteiger partial charge in [0.1, 0.15) is 12.4 Å². The lowest BCUT2D eigenvalue weighted by Crippen LogP contribution is -2.32. The Morgan fingerprint density at radius 3 is 2.95 bits per heavy atom. The zero-order valence-corrected chi connectivity index (χ0v) is 11.5. The molecule has 0 unspecified atom stereocenters.